The predicted molar refractivity (Wildman–Crippen MR) is 142 cm³/mol. The standard InChI is InChI=1S/C28H30N4O3S/c1-20-9-12-25(13-10-20)36(34,35)32(26-14-11-21(2)17-22(26)3)19-28(33)30-18-24-7-5-6-8-27(24)31-16-15-29-23(31)4/h5-17H,18-19H2,1-4H3,(H,30,33). The van der Waals surface area contributed by atoms with Gasteiger partial charge < -0.3 is 9.88 Å². The summed E-state index contributed by atoms with van der Waals surface area (Å²) in [5.41, 5.74) is 5.03. The number of carbonyl (C=O) groups excluding carboxylic acids is 1. The van der Waals surface area contributed by atoms with Crippen molar-refractivity contribution in [1.82, 2.24) is 14.9 Å². The molecule has 4 aromatic rings. The quantitative estimate of drug-likeness (QED) is 0.381. The van der Waals surface area contributed by atoms with E-state index in [-0.39, 0.29) is 18.0 Å². The number of imidazole rings is 1. The van der Waals surface area contributed by atoms with Gasteiger partial charge in [-0.2, -0.15) is 0 Å². The number of sulfonamides is 1. The van der Waals surface area contributed by atoms with E-state index in [1.165, 1.54) is 4.31 Å². The van der Waals surface area contributed by atoms with E-state index in [2.05, 4.69) is 10.3 Å². The summed E-state index contributed by atoms with van der Waals surface area (Å²) in [7, 11) is -3.97. The monoisotopic (exact) mass is 502 g/mol. The highest BCUT2D eigenvalue weighted by molar-refractivity contribution is 7.92. The third-order valence-electron chi connectivity index (χ3n) is 6.07. The van der Waals surface area contributed by atoms with E-state index in [4.69, 9.17) is 0 Å². The topological polar surface area (TPSA) is 84.3 Å². The number of hydrogen-bond donors (Lipinski definition) is 1. The minimum absolute atomic E-state index is 0.141. The van der Waals surface area contributed by atoms with E-state index < -0.39 is 15.9 Å². The Balaban J connectivity index is 1.61. The van der Waals surface area contributed by atoms with Gasteiger partial charge in [-0.05, 0) is 63.1 Å². The molecule has 0 radical (unpaired) electrons. The molecular weight excluding hydrogens is 472 g/mol. The van der Waals surface area contributed by atoms with Crippen molar-refractivity contribution in [3.63, 3.8) is 0 Å². The van der Waals surface area contributed by atoms with Crippen LogP contribution in [0.25, 0.3) is 5.69 Å². The zero-order valence-electron chi connectivity index (χ0n) is 20.9. The van der Waals surface area contributed by atoms with Crippen molar-refractivity contribution in [1.29, 1.82) is 0 Å². The summed E-state index contributed by atoms with van der Waals surface area (Å²) in [6.45, 7) is 7.51. The first-order valence-electron chi connectivity index (χ1n) is 11.7. The Hall–Kier alpha value is -3.91. The first-order chi connectivity index (χ1) is 17.2. The number of carbonyl (C=O) groups is 1. The van der Waals surface area contributed by atoms with E-state index >= 15 is 0 Å². The van der Waals surface area contributed by atoms with Crippen molar-refractivity contribution in [3.05, 3.63) is 107 Å². The minimum atomic E-state index is -3.97. The summed E-state index contributed by atoms with van der Waals surface area (Å²) < 4.78 is 30.5. The number of rotatable bonds is 8. The van der Waals surface area contributed by atoms with E-state index in [0.29, 0.717) is 5.69 Å². The summed E-state index contributed by atoms with van der Waals surface area (Å²) >= 11 is 0. The molecule has 0 atom stereocenters. The molecule has 1 heterocycles. The Labute approximate surface area is 212 Å². The van der Waals surface area contributed by atoms with Gasteiger partial charge in [0.15, 0.2) is 0 Å². The largest absolute Gasteiger partial charge is 0.350 e. The van der Waals surface area contributed by atoms with Crippen LogP contribution < -0.4 is 9.62 Å². The molecule has 3 aromatic carbocycles. The molecule has 0 saturated heterocycles. The molecule has 0 aliphatic rings. The van der Waals surface area contributed by atoms with Crippen LogP contribution in [-0.4, -0.2) is 30.4 Å². The molecule has 1 N–H and O–H groups in total. The lowest BCUT2D eigenvalue weighted by Crippen LogP contribution is -2.41. The second-order valence-electron chi connectivity index (χ2n) is 8.86. The minimum Gasteiger partial charge on any atom is -0.350 e. The van der Waals surface area contributed by atoms with Crippen LogP contribution in [0, 0.1) is 27.7 Å². The summed E-state index contributed by atoms with van der Waals surface area (Å²) in [6, 6.07) is 19.9. The molecule has 0 fully saturated rings. The van der Waals surface area contributed by atoms with Gasteiger partial charge in [0.05, 0.1) is 16.3 Å². The maximum atomic E-state index is 13.7. The molecule has 186 valence electrons. The summed E-state index contributed by atoms with van der Waals surface area (Å²) in [5.74, 6) is 0.432. The molecule has 1 aromatic heterocycles. The molecular formula is C28H30N4O3S. The highest BCUT2D eigenvalue weighted by Crippen LogP contribution is 2.28. The van der Waals surface area contributed by atoms with Crippen LogP contribution in [-0.2, 0) is 21.4 Å². The molecule has 0 aliphatic heterocycles. The van der Waals surface area contributed by atoms with Gasteiger partial charge in [-0.1, -0.05) is 53.6 Å². The first kappa shape index (κ1) is 25.2. The van der Waals surface area contributed by atoms with Gasteiger partial charge in [0.25, 0.3) is 10.0 Å². The first-order valence-corrected chi connectivity index (χ1v) is 13.1. The third-order valence-corrected chi connectivity index (χ3v) is 7.84. The van der Waals surface area contributed by atoms with Crippen LogP contribution in [0.3, 0.4) is 0 Å². The van der Waals surface area contributed by atoms with Crippen LogP contribution in [0.15, 0.2) is 84.0 Å². The van der Waals surface area contributed by atoms with Crippen molar-refractivity contribution >= 4 is 21.6 Å². The fourth-order valence-corrected chi connectivity index (χ4v) is 5.62. The zero-order chi connectivity index (χ0) is 25.9. The molecule has 0 bridgehead atoms. The molecule has 4 rings (SSSR count). The van der Waals surface area contributed by atoms with Crippen molar-refractivity contribution in [2.75, 3.05) is 10.8 Å². The molecule has 0 aliphatic carbocycles. The van der Waals surface area contributed by atoms with Gasteiger partial charge in [0, 0.05) is 18.9 Å². The van der Waals surface area contributed by atoms with Crippen molar-refractivity contribution in [3.8, 4) is 5.69 Å². The Kier molecular flexibility index (Phi) is 7.26. The maximum Gasteiger partial charge on any atom is 0.264 e. The maximum absolute atomic E-state index is 13.7. The zero-order valence-corrected chi connectivity index (χ0v) is 21.7. The second kappa shape index (κ2) is 10.4. The van der Waals surface area contributed by atoms with Gasteiger partial charge in [-0.3, -0.25) is 9.10 Å². The lowest BCUT2D eigenvalue weighted by atomic mass is 10.1. The fourth-order valence-electron chi connectivity index (χ4n) is 4.13. The van der Waals surface area contributed by atoms with Gasteiger partial charge in [0.2, 0.25) is 5.91 Å². The average Bonchev–Trinajstić information content (AvgIpc) is 3.27. The van der Waals surface area contributed by atoms with Crippen molar-refractivity contribution in [2.24, 2.45) is 0 Å². The van der Waals surface area contributed by atoms with Crippen LogP contribution in [0.2, 0.25) is 0 Å². The number of nitrogens with zero attached hydrogens (tertiary/aromatic N) is 3. The Morgan fingerprint density at radius 2 is 1.64 bits per heavy atom. The third kappa shape index (κ3) is 5.33. The molecule has 8 heteroatoms. The van der Waals surface area contributed by atoms with Gasteiger partial charge in [-0.25, -0.2) is 13.4 Å². The Bertz CT molecular complexity index is 1490. The molecule has 0 saturated carbocycles. The number of aryl methyl sites for hydroxylation is 4. The van der Waals surface area contributed by atoms with E-state index in [1.54, 1.807) is 36.5 Å². The molecule has 1 amide bonds. The Morgan fingerprint density at radius 3 is 2.31 bits per heavy atom. The normalized spacial score (nSPS) is 11.3. The summed E-state index contributed by atoms with van der Waals surface area (Å²) in [4.78, 5) is 17.6. The fraction of sp³-hybridized carbons (Fsp3) is 0.214. The molecule has 7 nitrogen and oxygen atoms in total. The van der Waals surface area contributed by atoms with Crippen molar-refractivity contribution < 1.29 is 13.2 Å². The number of hydrogen-bond acceptors (Lipinski definition) is 4. The lowest BCUT2D eigenvalue weighted by Gasteiger charge is -2.26. The van der Waals surface area contributed by atoms with Gasteiger partial charge in [0.1, 0.15) is 12.4 Å². The smallest absolute Gasteiger partial charge is 0.264 e. The number of amides is 1. The molecule has 0 unspecified atom stereocenters. The molecule has 0 spiro atoms. The number of benzene rings is 3. The average molecular weight is 503 g/mol. The SMILES string of the molecule is Cc1ccc(S(=O)(=O)N(CC(=O)NCc2ccccc2-n2ccnc2C)c2ccc(C)cc2C)cc1. The summed E-state index contributed by atoms with van der Waals surface area (Å²) in [6.07, 6.45) is 3.59. The van der Waals surface area contributed by atoms with Gasteiger partial charge >= 0.3 is 0 Å². The number of aromatic nitrogens is 2. The number of para-hydroxylation sites is 1. The van der Waals surface area contributed by atoms with E-state index in [9.17, 15) is 13.2 Å². The highest BCUT2D eigenvalue weighted by atomic mass is 32.2. The Morgan fingerprint density at radius 1 is 0.944 bits per heavy atom. The highest BCUT2D eigenvalue weighted by Gasteiger charge is 2.28. The second-order valence-corrected chi connectivity index (χ2v) is 10.7. The van der Waals surface area contributed by atoms with Crippen LogP contribution in [0.5, 0.6) is 0 Å². The summed E-state index contributed by atoms with van der Waals surface area (Å²) in [5, 5.41) is 2.91. The van der Waals surface area contributed by atoms with Crippen LogP contribution in [0.1, 0.15) is 28.1 Å². The van der Waals surface area contributed by atoms with Gasteiger partial charge in [-0.15, -0.1) is 0 Å². The van der Waals surface area contributed by atoms with Crippen molar-refractivity contribution in [2.45, 2.75) is 39.1 Å². The predicted octanol–water partition coefficient (Wildman–Crippen LogP) is 4.62. The van der Waals surface area contributed by atoms with E-state index in [1.807, 2.05) is 74.9 Å². The van der Waals surface area contributed by atoms with Crippen LogP contribution in [0.4, 0.5) is 5.69 Å². The number of anilines is 1. The lowest BCUT2D eigenvalue weighted by molar-refractivity contribution is -0.119. The number of nitrogens with one attached hydrogen (secondary N) is 1. The van der Waals surface area contributed by atoms with E-state index in [0.717, 1.165) is 33.8 Å². The molecule has 36 heavy (non-hydrogen) atoms. The van der Waals surface area contributed by atoms with Crippen LogP contribution >= 0.6 is 0 Å².